The van der Waals surface area contributed by atoms with Gasteiger partial charge < -0.3 is 10.0 Å². The van der Waals surface area contributed by atoms with E-state index in [1.807, 2.05) is 0 Å². The van der Waals surface area contributed by atoms with Gasteiger partial charge >= 0.3 is 0 Å². The van der Waals surface area contributed by atoms with Gasteiger partial charge in [0.15, 0.2) is 0 Å². The van der Waals surface area contributed by atoms with E-state index in [2.05, 4.69) is 23.9 Å². The summed E-state index contributed by atoms with van der Waals surface area (Å²) in [6.45, 7) is 3.39. The first-order valence-corrected chi connectivity index (χ1v) is 5.25. The van der Waals surface area contributed by atoms with Gasteiger partial charge in [0.05, 0.1) is 6.10 Å². The highest BCUT2D eigenvalue weighted by atomic mass is 16.3. The van der Waals surface area contributed by atoms with Crippen molar-refractivity contribution in [2.45, 2.75) is 25.0 Å². The average molecular weight is 184 g/mol. The van der Waals surface area contributed by atoms with Crippen molar-refractivity contribution >= 4 is 0 Å². The van der Waals surface area contributed by atoms with Crippen LogP contribution in [0.1, 0.15) is 12.8 Å². The predicted molar refractivity (Wildman–Crippen MR) is 52.6 cm³/mol. The summed E-state index contributed by atoms with van der Waals surface area (Å²) in [5, 5.41) is 10.0. The summed E-state index contributed by atoms with van der Waals surface area (Å²) in [5.41, 5.74) is 0. The molecule has 3 rings (SSSR count). The molecule has 0 aromatic carbocycles. The molecule has 2 bridgehead atoms. The number of hydrogen-bond donors (Lipinski definition) is 1. The Morgan fingerprint density at radius 1 is 1.31 bits per heavy atom. The van der Waals surface area contributed by atoms with E-state index in [-0.39, 0.29) is 6.10 Å². The Morgan fingerprint density at radius 2 is 1.92 bits per heavy atom. The lowest BCUT2D eigenvalue weighted by Crippen LogP contribution is -2.60. The first kappa shape index (κ1) is 9.44. The average Bonchev–Trinajstić information content (AvgIpc) is 2.11. The third kappa shape index (κ3) is 1.73. The summed E-state index contributed by atoms with van der Waals surface area (Å²) in [5.74, 6) is 0.579. The van der Waals surface area contributed by atoms with Crippen molar-refractivity contribution in [2.75, 3.05) is 33.7 Å². The van der Waals surface area contributed by atoms with Crippen molar-refractivity contribution in [1.29, 1.82) is 0 Å². The number of fused-ring (bicyclic) bond motifs is 3. The molecule has 3 heteroatoms. The lowest BCUT2D eigenvalue weighted by Gasteiger charge is -2.49. The van der Waals surface area contributed by atoms with E-state index in [1.165, 1.54) is 25.9 Å². The number of piperidine rings is 3. The lowest BCUT2D eigenvalue weighted by atomic mass is 9.80. The van der Waals surface area contributed by atoms with Gasteiger partial charge in [0.25, 0.3) is 0 Å². The third-order valence-corrected chi connectivity index (χ3v) is 3.47. The number of likely N-dealkylation sites (N-methyl/N-ethyl adjacent to an activating group) is 1. The van der Waals surface area contributed by atoms with E-state index in [0.717, 1.165) is 6.54 Å². The predicted octanol–water partition coefficient (Wildman–Crippen LogP) is 0.00310. The third-order valence-electron chi connectivity index (χ3n) is 3.47. The number of rotatable bonds is 2. The molecule has 76 valence electrons. The molecule has 3 fully saturated rings. The van der Waals surface area contributed by atoms with E-state index in [9.17, 15) is 5.11 Å². The maximum absolute atomic E-state index is 10.0. The Balaban J connectivity index is 2.01. The van der Waals surface area contributed by atoms with E-state index in [1.54, 1.807) is 0 Å². The number of aliphatic hydroxyl groups is 1. The van der Waals surface area contributed by atoms with Crippen LogP contribution in [0.2, 0.25) is 0 Å². The highest BCUT2D eigenvalue weighted by Crippen LogP contribution is 2.32. The van der Waals surface area contributed by atoms with Crippen LogP contribution in [0.4, 0.5) is 0 Å². The second kappa shape index (κ2) is 3.56. The van der Waals surface area contributed by atoms with Gasteiger partial charge in [-0.3, -0.25) is 4.90 Å². The maximum Gasteiger partial charge on any atom is 0.0736 e. The van der Waals surface area contributed by atoms with E-state index >= 15 is 0 Å². The molecular formula is C10H20N2O. The normalized spacial score (nSPS) is 44.3. The van der Waals surface area contributed by atoms with Gasteiger partial charge in [0.2, 0.25) is 0 Å². The monoisotopic (exact) mass is 184 g/mol. The van der Waals surface area contributed by atoms with Gasteiger partial charge in [-0.25, -0.2) is 0 Å². The van der Waals surface area contributed by atoms with Crippen LogP contribution in [-0.2, 0) is 0 Å². The highest BCUT2D eigenvalue weighted by Gasteiger charge is 2.40. The fourth-order valence-corrected chi connectivity index (χ4v) is 2.72. The summed E-state index contributed by atoms with van der Waals surface area (Å²) in [6, 6.07) is 0.391. The maximum atomic E-state index is 10.0. The van der Waals surface area contributed by atoms with Crippen LogP contribution in [0.15, 0.2) is 0 Å². The van der Waals surface area contributed by atoms with Gasteiger partial charge in [-0.15, -0.1) is 0 Å². The van der Waals surface area contributed by atoms with Crippen molar-refractivity contribution in [3.8, 4) is 0 Å². The molecule has 0 unspecified atom stereocenters. The quantitative estimate of drug-likeness (QED) is 0.654. The van der Waals surface area contributed by atoms with Crippen LogP contribution >= 0.6 is 0 Å². The Kier molecular flexibility index (Phi) is 2.58. The summed E-state index contributed by atoms with van der Waals surface area (Å²) in [6.07, 6.45) is 2.32. The van der Waals surface area contributed by atoms with Crippen LogP contribution in [0.5, 0.6) is 0 Å². The minimum atomic E-state index is -0.0788. The Morgan fingerprint density at radius 3 is 2.38 bits per heavy atom. The number of nitrogens with zero attached hydrogens (tertiary/aromatic N) is 2. The molecule has 0 aromatic rings. The second-order valence-electron chi connectivity index (χ2n) is 4.69. The summed E-state index contributed by atoms with van der Waals surface area (Å²) in [7, 11) is 4.16. The largest absolute Gasteiger partial charge is 0.391 e. The zero-order valence-electron chi connectivity index (χ0n) is 8.61. The number of hydrogen-bond acceptors (Lipinski definition) is 3. The molecule has 0 aliphatic carbocycles. The first-order chi connectivity index (χ1) is 6.18. The molecule has 0 spiro atoms. The van der Waals surface area contributed by atoms with E-state index < -0.39 is 0 Å². The van der Waals surface area contributed by atoms with Crippen LogP contribution in [0.3, 0.4) is 0 Å². The van der Waals surface area contributed by atoms with Gasteiger partial charge in [-0.2, -0.15) is 0 Å². The standard InChI is InChI=1S/C10H20N2O/c1-11(2)7-9-10(13)8-3-5-12(9)6-4-8/h8-10,13H,3-7H2,1-2H3/t9-,10+/m1/s1. The lowest BCUT2D eigenvalue weighted by molar-refractivity contribution is -0.0782. The zero-order valence-corrected chi connectivity index (χ0v) is 8.61. The van der Waals surface area contributed by atoms with Crippen molar-refractivity contribution < 1.29 is 5.11 Å². The van der Waals surface area contributed by atoms with Crippen LogP contribution in [-0.4, -0.2) is 60.8 Å². The van der Waals surface area contributed by atoms with E-state index in [4.69, 9.17) is 0 Å². The van der Waals surface area contributed by atoms with Crippen LogP contribution in [0.25, 0.3) is 0 Å². The Labute approximate surface area is 80.3 Å². The molecule has 0 amide bonds. The van der Waals surface area contributed by atoms with Gasteiger partial charge in [-0.05, 0) is 45.9 Å². The summed E-state index contributed by atoms with van der Waals surface area (Å²) >= 11 is 0. The van der Waals surface area contributed by atoms with Gasteiger partial charge in [0, 0.05) is 12.6 Å². The van der Waals surface area contributed by atoms with Gasteiger partial charge in [0.1, 0.15) is 0 Å². The van der Waals surface area contributed by atoms with Gasteiger partial charge in [-0.1, -0.05) is 0 Å². The summed E-state index contributed by atoms with van der Waals surface area (Å²) in [4.78, 5) is 4.62. The molecule has 0 radical (unpaired) electrons. The summed E-state index contributed by atoms with van der Waals surface area (Å²) < 4.78 is 0. The minimum absolute atomic E-state index is 0.0788. The highest BCUT2D eigenvalue weighted by molar-refractivity contribution is 4.95. The Hall–Kier alpha value is -0.120. The fraction of sp³-hybridized carbons (Fsp3) is 1.00. The smallest absolute Gasteiger partial charge is 0.0736 e. The fourth-order valence-electron chi connectivity index (χ4n) is 2.72. The van der Waals surface area contributed by atoms with Crippen LogP contribution < -0.4 is 0 Å². The minimum Gasteiger partial charge on any atom is -0.391 e. The molecule has 2 atom stereocenters. The molecule has 13 heavy (non-hydrogen) atoms. The van der Waals surface area contributed by atoms with Crippen molar-refractivity contribution in [3.63, 3.8) is 0 Å². The zero-order chi connectivity index (χ0) is 9.42. The second-order valence-corrected chi connectivity index (χ2v) is 4.69. The molecule has 0 aromatic heterocycles. The first-order valence-electron chi connectivity index (χ1n) is 5.25. The topological polar surface area (TPSA) is 26.7 Å². The molecule has 1 N–H and O–H groups in total. The molecule has 3 heterocycles. The molecular weight excluding hydrogens is 164 g/mol. The van der Waals surface area contributed by atoms with Crippen molar-refractivity contribution in [2.24, 2.45) is 5.92 Å². The molecule has 3 saturated heterocycles. The molecule has 3 aliphatic rings. The molecule has 3 aliphatic heterocycles. The molecule has 3 nitrogen and oxygen atoms in total. The van der Waals surface area contributed by atoms with E-state index in [0.29, 0.717) is 12.0 Å². The molecule has 0 saturated carbocycles. The van der Waals surface area contributed by atoms with Crippen LogP contribution in [0, 0.1) is 5.92 Å². The van der Waals surface area contributed by atoms with Crippen molar-refractivity contribution in [1.82, 2.24) is 9.80 Å². The number of aliphatic hydroxyl groups excluding tert-OH is 1. The van der Waals surface area contributed by atoms with Crippen molar-refractivity contribution in [3.05, 3.63) is 0 Å². The Bertz CT molecular complexity index is 174. The SMILES string of the molecule is CN(C)C[C@@H]1[C@@H](O)C2CCN1CC2.